The third kappa shape index (κ3) is 4.62. The van der Waals surface area contributed by atoms with Gasteiger partial charge < -0.3 is 15.8 Å². The fourth-order valence-electron chi connectivity index (χ4n) is 3.57. The van der Waals surface area contributed by atoms with E-state index >= 15 is 0 Å². The Hall–Kier alpha value is -4.50. The Morgan fingerprint density at radius 1 is 1.00 bits per heavy atom. The number of aromatic nitrogens is 4. The van der Waals surface area contributed by atoms with Gasteiger partial charge in [-0.25, -0.2) is 19.0 Å². The number of nitrogens with two attached hydrogens (primary N) is 1. The van der Waals surface area contributed by atoms with E-state index in [0.29, 0.717) is 22.5 Å². The van der Waals surface area contributed by atoms with Crippen LogP contribution in [-0.4, -0.2) is 25.7 Å². The molecule has 0 aliphatic heterocycles. The Labute approximate surface area is 204 Å². The number of halogens is 2. The van der Waals surface area contributed by atoms with Crippen molar-refractivity contribution >= 4 is 40.0 Å². The highest BCUT2D eigenvalue weighted by atomic mass is 35.5. The predicted molar refractivity (Wildman–Crippen MR) is 132 cm³/mol. The highest BCUT2D eigenvalue weighted by molar-refractivity contribution is 6.31. The minimum absolute atomic E-state index is 0.0256. The molecule has 0 atom stereocenters. The molecule has 3 N–H and O–H groups in total. The SMILES string of the molecule is Nc1ncnc2c1c(-c1ccc(Oc3ccccc3)cc1)nn2CC(=O)Nc1cccc(Cl)c1F. The van der Waals surface area contributed by atoms with E-state index < -0.39 is 11.7 Å². The van der Waals surface area contributed by atoms with Crippen molar-refractivity contribution in [2.75, 3.05) is 11.1 Å². The summed E-state index contributed by atoms with van der Waals surface area (Å²) in [5.74, 6) is 0.372. The zero-order valence-electron chi connectivity index (χ0n) is 18.2. The fraction of sp³-hybridized carbons (Fsp3) is 0.0400. The third-order valence-corrected chi connectivity index (χ3v) is 5.48. The molecule has 0 saturated carbocycles. The molecule has 0 fully saturated rings. The zero-order chi connectivity index (χ0) is 24.4. The Morgan fingerprint density at radius 2 is 1.74 bits per heavy atom. The van der Waals surface area contributed by atoms with Crippen LogP contribution in [0.1, 0.15) is 0 Å². The van der Waals surface area contributed by atoms with Gasteiger partial charge in [0.25, 0.3) is 0 Å². The first kappa shape index (κ1) is 22.3. The highest BCUT2D eigenvalue weighted by Gasteiger charge is 2.19. The minimum Gasteiger partial charge on any atom is -0.457 e. The number of amides is 1. The molecular formula is C25H18ClFN6O2. The van der Waals surface area contributed by atoms with Crippen LogP contribution >= 0.6 is 11.6 Å². The van der Waals surface area contributed by atoms with Crippen molar-refractivity contribution in [2.24, 2.45) is 0 Å². The number of rotatable bonds is 6. The quantitative estimate of drug-likeness (QED) is 0.336. The fourth-order valence-corrected chi connectivity index (χ4v) is 3.75. The molecule has 5 rings (SSSR count). The van der Waals surface area contributed by atoms with Gasteiger partial charge in [0.05, 0.1) is 16.1 Å². The second-order valence-electron chi connectivity index (χ2n) is 7.55. The van der Waals surface area contributed by atoms with E-state index in [0.717, 1.165) is 11.3 Å². The van der Waals surface area contributed by atoms with Crippen LogP contribution in [0.15, 0.2) is 79.1 Å². The molecule has 0 saturated heterocycles. The van der Waals surface area contributed by atoms with Crippen LogP contribution in [0, 0.1) is 5.82 Å². The van der Waals surface area contributed by atoms with Gasteiger partial charge in [-0.15, -0.1) is 0 Å². The molecule has 8 nitrogen and oxygen atoms in total. The molecule has 0 unspecified atom stereocenters. The predicted octanol–water partition coefficient (Wildman–Crippen LogP) is 5.30. The van der Waals surface area contributed by atoms with E-state index in [4.69, 9.17) is 22.1 Å². The smallest absolute Gasteiger partial charge is 0.246 e. The Morgan fingerprint density at radius 3 is 2.51 bits per heavy atom. The Bertz CT molecular complexity index is 1520. The van der Waals surface area contributed by atoms with Crippen LogP contribution in [-0.2, 0) is 11.3 Å². The lowest BCUT2D eigenvalue weighted by Gasteiger charge is -2.08. The number of carbonyl (C=O) groups excluding carboxylic acids is 1. The summed E-state index contributed by atoms with van der Waals surface area (Å²) in [7, 11) is 0. The number of carbonyl (C=O) groups is 1. The van der Waals surface area contributed by atoms with Crippen LogP contribution in [0.4, 0.5) is 15.9 Å². The molecule has 0 bridgehead atoms. The Balaban J connectivity index is 1.44. The number of para-hydroxylation sites is 1. The lowest BCUT2D eigenvalue weighted by Crippen LogP contribution is -2.20. The largest absolute Gasteiger partial charge is 0.457 e. The molecule has 2 aromatic heterocycles. The third-order valence-electron chi connectivity index (χ3n) is 5.18. The maximum Gasteiger partial charge on any atom is 0.246 e. The first-order valence-electron chi connectivity index (χ1n) is 10.5. The second-order valence-corrected chi connectivity index (χ2v) is 7.96. The lowest BCUT2D eigenvalue weighted by molar-refractivity contribution is -0.116. The number of hydrogen-bond donors (Lipinski definition) is 2. The molecule has 0 spiro atoms. The molecular weight excluding hydrogens is 471 g/mol. The van der Waals surface area contributed by atoms with Crippen LogP contribution in [0.3, 0.4) is 0 Å². The number of benzene rings is 3. The van der Waals surface area contributed by atoms with Crippen LogP contribution in [0.25, 0.3) is 22.3 Å². The molecule has 0 aliphatic carbocycles. The summed E-state index contributed by atoms with van der Waals surface area (Å²) in [5.41, 5.74) is 7.72. The van der Waals surface area contributed by atoms with Gasteiger partial charge in [0.2, 0.25) is 5.91 Å². The summed E-state index contributed by atoms with van der Waals surface area (Å²) >= 11 is 5.80. The van der Waals surface area contributed by atoms with E-state index in [9.17, 15) is 9.18 Å². The van der Waals surface area contributed by atoms with E-state index in [1.807, 2.05) is 54.6 Å². The molecule has 0 aliphatic rings. The van der Waals surface area contributed by atoms with Gasteiger partial charge in [-0.05, 0) is 48.5 Å². The van der Waals surface area contributed by atoms with Gasteiger partial charge in [-0.2, -0.15) is 5.10 Å². The monoisotopic (exact) mass is 488 g/mol. The maximum atomic E-state index is 14.2. The molecule has 5 aromatic rings. The van der Waals surface area contributed by atoms with Crippen molar-refractivity contribution in [3.8, 4) is 22.8 Å². The van der Waals surface area contributed by atoms with Crippen molar-refractivity contribution in [1.82, 2.24) is 19.7 Å². The van der Waals surface area contributed by atoms with E-state index in [-0.39, 0.29) is 23.1 Å². The topological polar surface area (TPSA) is 108 Å². The maximum absolute atomic E-state index is 14.2. The van der Waals surface area contributed by atoms with E-state index in [2.05, 4.69) is 20.4 Å². The number of fused-ring (bicyclic) bond motifs is 1. The first-order valence-corrected chi connectivity index (χ1v) is 10.9. The number of anilines is 2. The highest BCUT2D eigenvalue weighted by Crippen LogP contribution is 2.32. The van der Waals surface area contributed by atoms with Crippen LogP contribution < -0.4 is 15.8 Å². The van der Waals surface area contributed by atoms with Gasteiger partial charge >= 0.3 is 0 Å². The average Bonchev–Trinajstić information content (AvgIpc) is 3.22. The van der Waals surface area contributed by atoms with Gasteiger partial charge in [0, 0.05) is 5.56 Å². The van der Waals surface area contributed by atoms with Crippen molar-refractivity contribution in [3.63, 3.8) is 0 Å². The van der Waals surface area contributed by atoms with Gasteiger partial charge in [0.1, 0.15) is 35.9 Å². The Kier molecular flexibility index (Phi) is 5.99. The molecule has 0 radical (unpaired) electrons. The molecule has 3 aromatic carbocycles. The number of nitrogen functional groups attached to an aromatic ring is 1. The molecule has 10 heteroatoms. The number of ether oxygens (including phenoxy) is 1. The molecule has 1 amide bonds. The van der Waals surface area contributed by atoms with E-state index in [1.165, 1.54) is 23.1 Å². The number of nitrogens with one attached hydrogen (secondary N) is 1. The van der Waals surface area contributed by atoms with Crippen molar-refractivity contribution in [1.29, 1.82) is 0 Å². The standard InChI is InChI=1S/C25H18ClFN6O2/c26-18-7-4-8-19(22(18)27)31-20(34)13-33-25-21(24(28)29-14-30-25)23(32-33)15-9-11-17(12-10-15)35-16-5-2-1-3-6-16/h1-12,14H,13H2,(H,31,34)(H2,28,29,30). The number of hydrogen-bond acceptors (Lipinski definition) is 6. The van der Waals surface area contributed by atoms with Crippen molar-refractivity contribution in [2.45, 2.75) is 6.54 Å². The van der Waals surface area contributed by atoms with E-state index in [1.54, 1.807) is 6.07 Å². The zero-order valence-corrected chi connectivity index (χ0v) is 18.9. The molecule has 2 heterocycles. The summed E-state index contributed by atoms with van der Waals surface area (Å²) in [6, 6.07) is 21.1. The minimum atomic E-state index is -0.710. The summed E-state index contributed by atoms with van der Waals surface area (Å²) in [6.45, 7) is -0.228. The lowest BCUT2D eigenvalue weighted by atomic mass is 10.1. The number of nitrogens with zero attached hydrogens (tertiary/aromatic N) is 4. The van der Waals surface area contributed by atoms with Gasteiger partial charge in [0.15, 0.2) is 11.5 Å². The molecule has 174 valence electrons. The average molecular weight is 489 g/mol. The molecule has 35 heavy (non-hydrogen) atoms. The summed E-state index contributed by atoms with van der Waals surface area (Å²) in [6.07, 6.45) is 1.30. The van der Waals surface area contributed by atoms with Crippen molar-refractivity contribution in [3.05, 3.63) is 90.0 Å². The normalized spacial score (nSPS) is 10.9. The first-order chi connectivity index (χ1) is 17.0. The van der Waals surface area contributed by atoms with Gasteiger partial charge in [-0.1, -0.05) is 35.9 Å². The summed E-state index contributed by atoms with van der Waals surface area (Å²) in [5, 5.41) is 7.49. The summed E-state index contributed by atoms with van der Waals surface area (Å²) in [4.78, 5) is 21.0. The van der Waals surface area contributed by atoms with Crippen LogP contribution in [0.5, 0.6) is 11.5 Å². The van der Waals surface area contributed by atoms with Crippen LogP contribution in [0.2, 0.25) is 5.02 Å². The van der Waals surface area contributed by atoms with Gasteiger partial charge in [-0.3, -0.25) is 4.79 Å². The van der Waals surface area contributed by atoms with Crippen molar-refractivity contribution < 1.29 is 13.9 Å². The summed E-state index contributed by atoms with van der Waals surface area (Å²) < 4.78 is 21.4. The second kappa shape index (κ2) is 9.40.